The first-order valence-electron chi connectivity index (χ1n) is 4.30. The molecule has 1 N–H and O–H groups in total. The molecule has 0 aliphatic heterocycles. The van der Waals surface area contributed by atoms with E-state index in [9.17, 15) is 22.0 Å². The Morgan fingerprint density at radius 2 is 1.13 bits per heavy atom. The standard InChI is InChI=1S/C9H6F5N/c10-4-5(11)7(13)9(8(14)6(4)12)15-3-1-2-3/h3,15H,1-2H2. The summed E-state index contributed by atoms with van der Waals surface area (Å²) in [5, 5.41) is 2.26. The highest BCUT2D eigenvalue weighted by atomic mass is 19.2. The van der Waals surface area contributed by atoms with Crippen LogP contribution in [0.5, 0.6) is 0 Å². The number of benzene rings is 1. The van der Waals surface area contributed by atoms with Gasteiger partial charge < -0.3 is 5.32 Å². The van der Waals surface area contributed by atoms with Gasteiger partial charge in [0.2, 0.25) is 5.82 Å². The molecule has 0 heterocycles. The van der Waals surface area contributed by atoms with E-state index in [1.165, 1.54) is 0 Å². The van der Waals surface area contributed by atoms with Crippen LogP contribution < -0.4 is 5.32 Å². The van der Waals surface area contributed by atoms with Gasteiger partial charge in [0.1, 0.15) is 5.69 Å². The van der Waals surface area contributed by atoms with Crippen molar-refractivity contribution in [2.75, 3.05) is 5.32 Å². The Morgan fingerprint density at radius 3 is 1.53 bits per heavy atom. The van der Waals surface area contributed by atoms with Gasteiger partial charge in [0, 0.05) is 6.04 Å². The van der Waals surface area contributed by atoms with Crippen LogP contribution in [0.2, 0.25) is 0 Å². The normalized spacial score (nSPS) is 15.5. The molecule has 0 unspecified atom stereocenters. The zero-order chi connectivity index (χ0) is 11.2. The van der Waals surface area contributed by atoms with E-state index in [0.717, 1.165) is 0 Å². The van der Waals surface area contributed by atoms with Crippen molar-refractivity contribution in [1.82, 2.24) is 0 Å². The molecule has 1 nitrogen and oxygen atoms in total. The first-order chi connectivity index (χ1) is 7.02. The second-order valence-corrected chi connectivity index (χ2v) is 3.36. The van der Waals surface area contributed by atoms with Crippen LogP contribution in [0, 0.1) is 29.1 Å². The predicted molar refractivity (Wildman–Crippen MR) is 42.9 cm³/mol. The fourth-order valence-electron chi connectivity index (χ4n) is 1.16. The molecule has 0 aromatic heterocycles. The van der Waals surface area contributed by atoms with Gasteiger partial charge in [0.05, 0.1) is 0 Å². The summed E-state index contributed by atoms with van der Waals surface area (Å²) in [6.45, 7) is 0. The highest BCUT2D eigenvalue weighted by Gasteiger charge is 2.29. The van der Waals surface area contributed by atoms with E-state index in [2.05, 4.69) is 5.32 Å². The molecule has 0 spiro atoms. The van der Waals surface area contributed by atoms with Crippen LogP contribution in [-0.4, -0.2) is 6.04 Å². The van der Waals surface area contributed by atoms with E-state index in [4.69, 9.17) is 0 Å². The van der Waals surface area contributed by atoms with E-state index >= 15 is 0 Å². The van der Waals surface area contributed by atoms with E-state index in [-0.39, 0.29) is 6.04 Å². The van der Waals surface area contributed by atoms with Crippen LogP contribution >= 0.6 is 0 Å². The lowest BCUT2D eigenvalue weighted by atomic mass is 10.2. The average molecular weight is 223 g/mol. The van der Waals surface area contributed by atoms with Crippen LogP contribution in [0.4, 0.5) is 27.6 Å². The van der Waals surface area contributed by atoms with Crippen molar-refractivity contribution in [1.29, 1.82) is 0 Å². The van der Waals surface area contributed by atoms with Crippen molar-refractivity contribution in [2.24, 2.45) is 0 Å². The molecule has 0 atom stereocenters. The van der Waals surface area contributed by atoms with Gasteiger partial charge in [0.15, 0.2) is 23.3 Å². The van der Waals surface area contributed by atoms with Gasteiger partial charge in [-0.2, -0.15) is 0 Å². The summed E-state index contributed by atoms with van der Waals surface area (Å²) >= 11 is 0. The Labute approximate surface area is 81.9 Å². The summed E-state index contributed by atoms with van der Waals surface area (Å²) in [6.07, 6.45) is 1.33. The molecule has 0 radical (unpaired) electrons. The molecule has 1 aromatic carbocycles. The Kier molecular flexibility index (Phi) is 2.28. The molecular weight excluding hydrogens is 217 g/mol. The zero-order valence-electron chi connectivity index (χ0n) is 7.38. The number of hydrogen-bond donors (Lipinski definition) is 1. The summed E-state index contributed by atoms with van der Waals surface area (Å²) < 4.78 is 64.0. The summed E-state index contributed by atoms with van der Waals surface area (Å²) in [5.41, 5.74) is -0.936. The second-order valence-electron chi connectivity index (χ2n) is 3.36. The quantitative estimate of drug-likeness (QED) is 0.461. The maximum atomic E-state index is 13.0. The first-order valence-corrected chi connectivity index (χ1v) is 4.30. The molecule has 1 aliphatic rings. The van der Waals surface area contributed by atoms with Gasteiger partial charge in [-0.05, 0) is 12.8 Å². The molecule has 2 rings (SSSR count). The van der Waals surface area contributed by atoms with Crippen molar-refractivity contribution in [3.8, 4) is 0 Å². The lowest BCUT2D eigenvalue weighted by Crippen LogP contribution is -2.11. The summed E-state index contributed by atoms with van der Waals surface area (Å²) in [4.78, 5) is 0. The van der Waals surface area contributed by atoms with Crippen molar-refractivity contribution in [3.63, 3.8) is 0 Å². The fraction of sp³-hybridized carbons (Fsp3) is 0.333. The molecule has 0 bridgehead atoms. The molecule has 82 valence electrons. The Bertz CT molecular complexity index is 384. The van der Waals surface area contributed by atoms with Gasteiger partial charge in [0.25, 0.3) is 0 Å². The number of rotatable bonds is 2. The van der Waals surface area contributed by atoms with Crippen molar-refractivity contribution >= 4 is 5.69 Å². The number of nitrogens with one attached hydrogen (secondary N) is 1. The summed E-state index contributed by atoms with van der Waals surface area (Å²) in [5.74, 6) is -9.59. The number of hydrogen-bond acceptors (Lipinski definition) is 1. The van der Waals surface area contributed by atoms with Crippen LogP contribution in [0.25, 0.3) is 0 Å². The van der Waals surface area contributed by atoms with Crippen molar-refractivity contribution in [2.45, 2.75) is 18.9 Å². The van der Waals surface area contributed by atoms with Crippen LogP contribution in [0.3, 0.4) is 0 Å². The smallest absolute Gasteiger partial charge is 0.200 e. The van der Waals surface area contributed by atoms with Crippen LogP contribution in [0.1, 0.15) is 12.8 Å². The van der Waals surface area contributed by atoms with E-state index in [1.54, 1.807) is 0 Å². The summed E-state index contributed by atoms with van der Waals surface area (Å²) in [7, 11) is 0. The molecule has 1 aromatic rings. The van der Waals surface area contributed by atoms with Crippen LogP contribution in [-0.2, 0) is 0 Å². The Hall–Kier alpha value is -1.33. The van der Waals surface area contributed by atoms with E-state index < -0.39 is 34.8 Å². The maximum absolute atomic E-state index is 13.0. The van der Waals surface area contributed by atoms with Gasteiger partial charge in [-0.1, -0.05) is 0 Å². The topological polar surface area (TPSA) is 12.0 Å². The SMILES string of the molecule is Fc1c(F)c(F)c(NC2CC2)c(F)c1F. The van der Waals surface area contributed by atoms with Gasteiger partial charge in [-0.15, -0.1) is 0 Å². The molecule has 1 fully saturated rings. The molecule has 6 heteroatoms. The van der Waals surface area contributed by atoms with Gasteiger partial charge in [-0.25, -0.2) is 22.0 Å². The molecule has 1 saturated carbocycles. The maximum Gasteiger partial charge on any atom is 0.200 e. The number of halogens is 5. The average Bonchev–Trinajstić information content (AvgIpc) is 3.02. The third-order valence-corrected chi connectivity index (χ3v) is 2.14. The van der Waals surface area contributed by atoms with Crippen molar-refractivity contribution < 1.29 is 22.0 Å². The highest BCUT2D eigenvalue weighted by Crippen LogP contribution is 2.31. The number of anilines is 1. The first kappa shape index (κ1) is 10.2. The van der Waals surface area contributed by atoms with Crippen LogP contribution in [0.15, 0.2) is 0 Å². The Morgan fingerprint density at radius 1 is 0.733 bits per heavy atom. The second kappa shape index (κ2) is 3.36. The van der Waals surface area contributed by atoms with Crippen molar-refractivity contribution in [3.05, 3.63) is 29.1 Å². The molecule has 0 amide bonds. The lowest BCUT2D eigenvalue weighted by Gasteiger charge is -2.09. The van der Waals surface area contributed by atoms with E-state index in [1.807, 2.05) is 0 Å². The summed E-state index contributed by atoms with van der Waals surface area (Å²) in [6, 6.07) is -0.196. The molecule has 1 aliphatic carbocycles. The molecule has 0 saturated heterocycles. The fourth-order valence-corrected chi connectivity index (χ4v) is 1.16. The minimum atomic E-state index is -2.13. The third kappa shape index (κ3) is 1.64. The highest BCUT2D eigenvalue weighted by molar-refractivity contribution is 5.49. The zero-order valence-corrected chi connectivity index (χ0v) is 7.38. The minimum absolute atomic E-state index is 0.196. The minimum Gasteiger partial charge on any atom is -0.377 e. The lowest BCUT2D eigenvalue weighted by molar-refractivity contribution is 0.381. The van der Waals surface area contributed by atoms with Gasteiger partial charge in [-0.3, -0.25) is 0 Å². The monoisotopic (exact) mass is 223 g/mol. The van der Waals surface area contributed by atoms with Gasteiger partial charge >= 0.3 is 0 Å². The largest absolute Gasteiger partial charge is 0.377 e. The van der Waals surface area contributed by atoms with E-state index in [0.29, 0.717) is 12.8 Å². The molecular formula is C9H6F5N. The third-order valence-electron chi connectivity index (χ3n) is 2.14. The Balaban J connectivity index is 2.51. The predicted octanol–water partition coefficient (Wildman–Crippen LogP) is 2.96. The molecule has 15 heavy (non-hydrogen) atoms.